The Hall–Kier alpha value is -2.82. The largest absolute Gasteiger partial charge is 0.447 e. The van der Waals surface area contributed by atoms with Gasteiger partial charge in [0.1, 0.15) is 11.2 Å². The van der Waals surface area contributed by atoms with Crippen molar-refractivity contribution in [2.75, 3.05) is 17.7 Å². The molecule has 0 fully saturated rings. The van der Waals surface area contributed by atoms with Crippen LogP contribution in [0.4, 0.5) is 11.4 Å². The van der Waals surface area contributed by atoms with E-state index in [1.807, 2.05) is 31.2 Å². The molecular formula is C16H15N3O2. The number of pyridine rings is 1. The summed E-state index contributed by atoms with van der Waals surface area (Å²) < 4.78 is 5.61. The zero-order chi connectivity index (χ0) is 14.8. The molecule has 0 aliphatic rings. The number of carbonyl (C=O) groups excluding carboxylic acids is 1. The average molecular weight is 281 g/mol. The van der Waals surface area contributed by atoms with Gasteiger partial charge in [-0.05, 0) is 31.2 Å². The summed E-state index contributed by atoms with van der Waals surface area (Å²) in [6.07, 6.45) is 1.67. The molecule has 2 heterocycles. The van der Waals surface area contributed by atoms with Crippen LogP contribution in [0.5, 0.6) is 0 Å². The molecule has 5 nitrogen and oxygen atoms in total. The van der Waals surface area contributed by atoms with Crippen LogP contribution in [0.1, 0.15) is 16.1 Å². The smallest absolute Gasteiger partial charge is 0.293 e. The van der Waals surface area contributed by atoms with Crippen molar-refractivity contribution in [3.05, 3.63) is 53.9 Å². The van der Waals surface area contributed by atoms with Gasteiger partial charge in [0.25, 0.3) is 5.91 Å². The van der Waals surface area contributed by atoms with Gasteiger partial charge in [0.2, 0.25) is 5.76 Å². The topological polar surface area (TPSA) is 67.2 Å². The lowest BCUT2D eigenvalue weighted by atomic mass is 10.2. The standard InChI is InChI=1S/C16H15N3O2/c1-10-5-7-11(8-6-10)19-16(20)15-14(17-2)13-12(21-15)4-3-9-18-13/h3-9,17H,1-2H3,(H,19,20). The number of aromatic nitrogens is 1. The van der Waals surface area contributed by atoms with Gasteiger partial charge >= 0.3 is 0 Å². The summed E-state index contributed by atoms with van der Waals surface area (Å²) in [5.74, 6) is -0.0759. The lowest BCUT2D eigenvalue weighted by molar-refractivity contribution is 0.0999. The summed E-state index contributed by atoms with van der Waals surface area (Å²) in [5.41, 5.74) is 3.68. The summed E-state index contributed by atoms with van der Waals surface area (Å²) in [6, 6.07) is 11.1. The first kappa shape index (κ1) is 13.2. The molecular weight excluding hydrogens is 266 g/mol. The first-order valence-electron chi connectivity index (χ1n) is 6.62. The highest BCUT2D eigenvalue weighted by atomic mass is 16.3. The van der Waals surface area contributed by atoms with Gasteiger partial charge in [-0.1, -0.05) is 17.7 Å². The summed E-state index contributed by atoms with van der Waals surface area (Å²) >= 11 is 0. The van der Waals surface area contributed by atoms with Crippen LogP contribution in [-0.2, 0) is 0 Å². The molecule has 0 aliphatic heterocycles. The molecule has 3 aromatic rings. The Morgan fingerprint density at radius 1 is 1.19 bits per heavy atom. The van der Waals surface area contributed by atoms with E-state index in [1.165, 1.54) is 0 Å². The van der Waals surface area contributed by atoms with Gasteiger partial charge in [0.15, 0.2) is 5.58 Å². The van der Waals surface area contributed by atoms with Gasteiger partial charge < -0.3 is 15.1 Å². The lowest BCUT2D eigenvalue weighted by Crippen LogP contribution is -2.12. The minimum Gasteiger partial charge on any atom is -0.447 e. The Kier molecular flexibility index (Phi) is 3.31. The molecule has 1 aromatic carbocycles. The first-order chi connectivity index (χ1) is 10.2. The van der Waals surface area contributed by atoms with Crippen LogP contribution in [0.25, 0.3) is 11.1 Å². The highest BCUT2D eigenvalue weighted by molar-refractivity contribution is 6.10. The Bertz CT molecular complexity index is 791. The molecule has 0 radical (unpaired) electrons. The number of furan rings is 1. The van der Waals surface area contributed by atoms with Gasteiger partial charge in [-0.3, -0.25) is 9.78 Å². The SMILES string of the molecule is CNc1c(C(=O)Nc2ccc(C)cc2)oc2cccnc12. The van der Waals surface area contributed by atoms with Crippen molar-refractivity contribution in [1.82, 2.24) is 4.98 Å². The Labute approximate surface area is 122 Å². The summed E-state index contributed by atoms with van der Waals surface area (Å²) in [4.78, 5) is 16.6. The van der Waals surface area contributed by atoms with Crippen molar-refractivity contribution in [2.45, 2.75) is 6.92 Å². The molecule has 0 saturated carbocycles. The number of rotatable bonds is 3. The number of nitrogens with one attached hydrogen (secondary N) is 2. The number of aryl methyl sites for hydroxylation is 1. The Balaban J connectivity index is 1.95. The minimum atomic E-state index is -0.304. The third-order valence-electron chi connectivity index (χ3n) is 3.21. The molecule has 1 amide bonds. The number of carbonyl (C=O) groups is 1. The third-order valence-corrected chi connectivity index (χ3v) is 3.21. The number of hydrogen-bond donors (Lipinski definition) is 2. The van der Waals surface area contributed by atoms with Crippen molar-refractivity contribution >= 4 is 28.4 Å². The zero-order valence-electron chi connectivity index (χ0n) is 11.8. The molecule has 3 rings (SSSR count). The predicted molar refractivity (Wildman–Crippen MR) is 82.7 cm³/mol. The number of fused-ring (bicyclic) bond motifs is 1. The van der Waals surface area contributed by atoms with Crippen LogP contribution in [0.3, 0.4) is 0 Å². The second kappa shape index (κ2) is 5.28. The number of hydrogen-bond acceptors (Lipinski definition) is 4. The van der Waals surface area contributed by atoms with Gasteiger partial charge in [0, 0.05) is 18.9 Å². The summed E-state index contributed by atoms with van der Waals surface area (Å²) in [5, 5.41) is 5.80. The number of benzene rings is 1. The van der Waals surface area contributed by atoms with Crippen molar-refractivity contribution < 1.29 is 9.21 Å². The fourth-order valence-corrected chi connectivity index (χ4v) is 2.15. The molecule has 0 bridgehead atoms. The molecule has 5 heteroatoms. The van der Waals surface area contributed by atoms with E-state index in [0.717, 1.165) is 11.3 Å². The summed E-state index contributed by atoms with van der Waals surface area (Å²) in [6.45, 7) is 2.00. The normalized spacial score (nSPS) is 10.6. The number of anilines is 2. The molecule has 0 atom stereocenters. The number of nitrogens with zero attached hydrogens (tertiary/aromatic N) is 1. The maximum Gasteiger partial charge on any atom is 0.293 e. The van der Waals surface area contributed by atoms with Gasteiger partial charge in [-0.2, -0.15) is 0 Å². The molecule has 0 unspecified atom stereocenters. The van der Waals surface area contributed by atoms with Crippen molar-refractivity contribution in [1.29, 1.82) is 0 Å². The van der Waals surface area contributed by atoms with E-state index in [2.05, 4.69) is 15.6 Å². The van der Waals surface area contributed by atoms with E-state index in [1.54, 1.807) is 25.4 Å². The number of amides is 1. The van der Waals surface area contributed by atoms with Crippen LogP contribution in [0.15, 0.2) is 47.0 Å². The van der Waals surface area contributed by atoms with Gasteiger partial charge in [-0.25, -0.2) is 0 Å². The Morgan fingerprint density at radius 2 is 1.95 bits per heavy atom. The highest BCUT2D eigenvalue weighted by Gasteiger charge is 2.20. The monoisotopic (exact) mass is 281 g/mol. The minimum absolute atomic E-state index is 0.228. The van der Waals surface area contributed by atoms with Gasteiger partial charge in [-0.15, -0.1) is 0 Å². The quantitative estimate of drug-likeness (QED) is 0.771. The van der Waals surface area contributed by atoms with E-state index >= 15 is 0 Å². The van der Waals surface area contributed by atoms with Crippen LogP contribution >= 0.6 is 0 Å². The third kappa shape index (κ3) is 2.45. The lowest BCUT2D eigenvalue weighted by Gasteiger charge is -2.05. The van der Waals surface area contributed by atoms with Crippen LogP contribution in [0, 0.1) is 6.92 Å². The van der Waals surface area contributed by atoms with Crippen molar-refractivity contribution in [3.8, 4) is 0 Å². The van der Waals surface area contributed by atoms with E-state index in [-0.39, 0.29) is 11.7 Å². The molecule has 2 N–H and O–H groups in total. The first-order valence-corrected chi connectivity index (χ1v) is 6.62. The van der Waals surface area contributed by atoms with E-state index in [9.17, 15) is 4.79 Å². The second-order valence-electron chi connectivity index (χ2n) is 4.73. The molecule has 106 valence electrons. The maximum absolute atomic E-state index is 12.4. The van der Waals surface area contributed by atoms with Crippen LogP contribution in [-0.4, -0.2) is 17.9 Å². The average Bonchev–Trinajstić information content (AvgIpc) is 2.88. The predicted octanol–water partition coefficient (Wildman–Crippen LogP) is 3.43. The molecule has 0 saturated heterocycles. The molecule has 2 aromatic heterocycles. The molecule has 0 aliphatic carbocycles. The Morgan fingerprint density at radius 3 is 2.67 bits per heavy atom. The second-order valence-corrected chi connectivity index (χ2v) is 4.73. The molecule has 0 spiro atoms. The fraction of sp³-hybridized carbons (Fsp3) is 0.125. The summed E-state index contributed by atoms with van der Waals surface area (Å²) in [7, 11) is 1.74. The van der Waals surface area contributed by atoms with Crippen molar-refractivity contribution in [2.24, 2.45) is 0 Å². The van der Waals surface area contributed by atoms with Gasteiger partial charge in [0.05, 0.1) is 0 Å². The molecule has 21 heavy (non-hydrogen) atoms. The maximum atomic E-state index is 12.4. The van der Waals surface area contributed by atoms with Crippen LogP contribution in [0.2, 0.25) is 0 Å². The highest BCUT2D eigenvalue weighted by Crippen LogP contribution is 2.29. The van der Waals surface area contributed by atoms with E-state index < -0.39 is 0 Å². The van der Waals surface area contributed by atoms with E-state index in [4.69, 9.17) is 4.42 Å². The van der Waals surface area contributed by atoms with E-state index in [0.29, 0.717) is 16.8 Å². The van der Waals surface area contributed by atoms with Crippen LogP contribution < -0.4 is 10.6 Å². The zero-order valence-corrected chi connectivity index (χ0v) is 11.8. The van der Waals surface area contributed by atoms with Crippen molar-refractivity contribution in [3.63, 3.8) is 0 Å². The fourth-order valence-electron chi connectivity index (χ4n) is 2.15.